The van der Waals surface area contributed by atoms with Crippen molar-refractivity contribution in [1.82, 2.24) is 4.31 Å². The minimum Gasteiger partial charge on any atom is -0.463 e. The lowest BCUT2D eigenvalue weighted by Gasteiger charge is -2.18. The lowest BCUT2D eigenvalue weighted by Crippen LogP contribution is -2.30. The van der Waals surface area contributed by atoms with E-state index in [9.17, 15) is 26.4 Å². The van der Waals surface area contributed by atoms with Crippen molar-refractivity contribution < 1.29 is 35.9 Å². The molecular weight excluding hydrogens is 375 g/mol. The van der Waals surface area contributed by atoms with Gasteiger partial charge in [0.25, 0.3) is 0 Å². The zero-order valence-electron chi connectivity index (χ0n) is 14.1. The van der Waals surface area contributed by atoms with Crippen LogP contribution in [0.25, 0.3) is 6.08 Å². The van der Waals surface area contributed by atoms with Crippen molar-refractivity contribution in [3.8, 4) is 0 Å². The molecule has 1 fully saturated rings. The number of sulfonamides is 1. The van der Waals surface area contributed by atoms with Crippen LogP contribution in [0.3, 0.4) is 0 Å². The van der Waals surface area contributed by atoms with Gasteiger partial charge in [-0.25, -0.2) is 13.2 Å². The van der Waals surface area contributed by atoms with Crippen molar-refractivity contribution in [3.05, 3.63) is 35.4 Å². The van der Waals surface area contributed by atoms with Crippen molar-refractivity contribution in [2.45, 2.75) is 24.1 Å². The summed E-state index contributed by atoms with van der Waals surface area (Å²) in [6.07, 6.45) is -2.97. The number of likely N-dealkylation sites (N-methyl/N-ethyl adjacent to an activating group) is 1. The third-order valence-corrected chi connectivity index (χ3v) is 5.33. The van der Waals surface area contributed by atoms with E-state index < -0.39 is 32.6 Å². The van der Waals surface area contributed by atoms with Crippen molar-refractivity contribution in [3.63, 3.8) is 0 Å². The van der Waals surface area contributed by atoms with E-state index in [2.05, 4.69) is 4.74 Å². The Morgan fingerprint density at radius 2 is 2.04 bits per heavy atom. The SMILES string of the molecule is CCOC(=O)C=Cc1cc(C(F)(F)F)cc(S(=O)(=O)N(C)CC2CO2)c1. The molecule has 0 saturated carbocycles. The van der Waals surface area contributed by atoms with Gasteiger partial charge in [-0.05, 0) is 36.8 Å². The standard InChI is InChI=1S/C16H18F3NO5S/c1-3-24-15(21)5-4-11-6-12(16(17,18)19)8-14(7-11)26(22,23)20(2)9-13-10-25-13/h4-8,13H,3,9-10H2,1-2H3. The molecule has 0 amide bonds. The van der Waals surface area contributed by atoms with Crippen molar-refractivity contribution >= 4 is 22.1 Å². The van der Waals surface area contributed by atoms with Crippen LogP contribution < -0.4 is 0 Å². The summed E-state index contributed by atoms with van der Waals surface area (Å²) < 4.78 is 75.1. The fraction of sp³-hybridized carbons (Fsp3) is 0.438. The summed E-state index contributed by atoms with van der Waals surface area (Å²) in [6.45, 7) is 2.15. The van der Waals surface area contributed by atoms with Crippen molar-refractivity contribution in [2.24, 2.45) is 0 Å². The molecule has 144 valence electrons. The molecule has 10 heteroatoms. The molecule has 0 spiro atoms. The number of carbonyl (C=O) groups excluding carboxylic acids is 1. The number of epoxide rings is 1. The molecule has 0 radical (unpaired) electrons. The van der Waals surface area contributed by atoms with Gasteiger partial charge in [0.2, 0.25) is 10.0 Å². The third kappa shape index (κ3) is 5.29. The van der Waals surface area contributed by atoms with Crippen LogP contribution in [0, 0.1) is 0 Å². The molecule has 1 heterocycles. The maximum Gasteiger partial charge on any atom is 0.416 e. The van der Waals surface area contributed by atoms with Gasteiger partial charge >= 0.3 is 12.1 Å². The monoisotopic (exact) mass is 393 g/mol. The number of hydrogen-bond acceptors (Lipinski definition) is 5. The molecule has 6 nitrogen and oxygen atoms in total. The van der Waals surface area contributed by atoms with Crippen LogP contribution in [0.1, 0.15) is 18.1 Å². The Balaban J connectivity index is 2.41. The molecule has 0 N–H and O–H groups in total. The number of rotatable bonds is 7. The van der Waals surface area contributed by atoms with Gasteiger partial charge in [-0.3, -0.25) is 0 Å². The number of hydrogen-bond donors (Lipinski definition) is 0. The van der Waals surface area contributed by atoms with E-state index in [-0.39, 0.29) is 24.8 Å². The summed E-state index contributed by atoms with van der Waals surface area (Å²) in [5, 5.41) is 0. The van der Waals surface area contributed by atoms with E-state index in [4.69, 9.17) is 4.74 Å². The summed E-state index contributed by atoms with van der Waals surface area (Å²) in [4.78, 5) is 10.8. The van der Waals surface area contributed by atoms with Crippen LogP contribution in [0.15, 0.2) is 29.2 Å². The number of halogens is 3. The van der Waals surface area contributed by atoms with Gasteiger partial charge in [-0.1, -0.05) is 0 Å². The molecule has 1 unspecified atom stereocenters. The highest BCUT2D eigenvalue weighted by atomic mass is 32.2. The lowest BCUT2D eigenvalue weighted by atomic mass is 10.1. The fourth-order valence-electron chi connectivity index (χ4n) is 2.12. The Kier molecular flexibility index (Phi) is 6.09. The topological polar surface area (TPSA) is 76.2 Å². The Labute approximate surface area is 149 Å². The molecule has 1 saturated heterocycles. The number of ether oxygens (including phenoxy) is 2. The first kappa shape index (κ1) is 20.4. The van der Waals surface area contributed by atoms with Gasteiger partial charge in [0.1, 0.15) is 0 Å². The highest BCUT2D eigenvalue weighted by Crippen LogP contribution is 2.33. The summed E-state index contributed by atoms with van der Waals surface area (Å²) in [6, 6.07) is 2.41. The molecule has 1 aliphatic heterocycles. The highest BCUT2D eigenvalue weighted by molar-refractivity contribution is 7.89. The minimum atomic E-state index is -4.74. The van der Waals surface area contributed by atoms with E-state index in [1.807, 2.05) is 0 Å². The summed E-state index contributed by atoms with van der Waals surface area (Å²) in [5.41, 5.74) is -1.21. The average Bonchev–Trinajstić information content (AvgIpc) is 3.36. The molecule has 0 bridgehead atoms. The molecule has 1 aliphatic rings. The van der Waals surface area contributed by atoms with E-state index in [1.165, 1.54) is 7.05 Å². The zero-order chi connectivity index (χ0) is 19.5. The minimum absolute atomic E-state index is 0.0482. The van der Waals surface area contributed by atoms with E-state index in [0.717, 1.165) is 28.6 Å². The molecule has 0 aromatic heterocycles. The zero-order valence-corrected chi connectivity index (χ0v) is 14.9. The van der Waals surface area contributed by atoms with Gasteiger partial charge < -0.3 is 9.47 Å². The van der Waals surface area contributed by atoms with Crippen molar-refractivity contribution in [1.29, 1.82) is 0 Å². The van der Waals surface area contributed by atoms with E-state index in [1.54, 1.807) is 6.92 Å². The first-order chi connectivity index (χ1) is 12.0. The maximum atomic E-state index is 13.1. The third-order valence-electron chi connectivity index (χ3n) is 3.53. The predicted molar refractivity (Wildman–Crippen MR) is 86.7 cm³/mol. The van der Waals surface area contributed by atoms with Gasteiger partial charge in [-0.2, -0.15) is 17.5 Å². The van der Waals surface area contributed by atoms with Gasteiger partial charge in [0.05, 0.1) is 29.8 Å². The molecule has 0 aliphatic carbocycles. The van der Waals surface area contributed by atoms with Crippen LogP contribution in [-0.4, -0.2) is 51.6 Å². The molecule has 1 aromatic carbocycles. The molecule has 2 rings (SSSR count). The van der Waals surface area contributed by atoms with Crippen LogP contribution in [0.4, 0.5) is 13.2 Å². The van der Waals surface area contributed by atoms with Crippen LogP contribution in [0.2, 0.25) is 0 Å². The summed E-state index contributed by atoms with van der Waals surface area (Å²) in [5.74, 6) is -0.739. The smallest absolute Gasteiger partial charge is 0.416 e. The molecule has 1 atom stereocenters. The second-order valence-electron chi connectivity index (χ2n) is 5.61. The predicted octanol–water partition coefficient (Wildman–Crippen LogP) is 2.30. The molecular formula is C16H18F3NO5S. The highest BCUT2D eigenvalue weighted by Gasteiger charge is 2.34. The first-order valence-corrected chi connectivity index (χ1v) is 9.13. The Bertz CT molecular complexity index is 801. The fourth-order valence-corrected chi connectivity index (χ4v) is 3.41. The van der Waals surface area contributed by atoms with Gasteiger partial charge in [-0.15, -0.1) is 0 Å². The summed E-state index contributed by atoms with van der Waals surface area (Å²) >= 11 is 0. The number of esters is 1. The quantitative estimate of drug-likeness (QED) is 0.404. The Morgan fingerprint density at radius 3 is 2.58 bits per heavy atom. The molecule has 26 heavy (non-hydrogen) atoms. The second-order valence-corrected chi connectivity index (χ2v) is 7.66. The van der Waals surface area contributed by atoms with Crippen molar-refractivity contribution in [2.75, 3.05) is 26.8 Å². The lowest BCUT2D eigenvalue weighted by molar-refractivity contribution is -0.138. The number of benzene rings is 1. The Morgan fingerprint density at radius 1 is 1.38 bits per heavy atom. The normalized spacial score (nSPS) is 17.7. The second kappa shape index (κ2) is 7.77. The number of carbonyl (C=O) groups is 1. The maximum absolute atomic E-state index is 13.1. The molecule has 1 aromatic rings. The summed E-state index contributed by atoms with van der Waals surface area (Å²) in [7, 11) is -2.88. The first-order valence-electron chi connectivity index (χ1n) is 7.69. The van der Waals surface area contributed by atoms with Crippen LogP contribution in [-0.2, 0) is 30.5 Å². The van der Waals surface area contributed by atoms with E-state index >= 15 is 0 Å². The van der Waals surface area contributed by atoms with E-state index in [0.29, 0.717) is 12.7 Å². The van der Waals surface area contributed by atoms with Crippen LogP contribution >= 0.6 is 0 Å². The number of alkyl halides is 3. The number of nitrogens with zero attached hydrogens (tertiary/aromatic N) is 1. The average molecular weight is 393 g/mol. The Hall–Kier alpha value is -1.91. The van der Waals surface area contributed by atoms with Crippen LogP contribution in [0.5, 0.6) is 0 Å². The van der Waals surface area contributed by atoms with Gasteiger partial charge in [0.15, 0.2) is 0 Å². The van der Waals surface area contributed by atoms with Gasteiger partial charge in [0, 0.05) is 19.7 Å². The largest absolute Gasteiger partial charge is 0.463 e.